The molecule has 0 atom stereocenters. The number of nitrogens with one attached hydrogen (secondary N) is 2. The Labute approximate surface area is 153 Å². The van der Waals surface area contributed by atoms with Crippen LogP contribution in [0.4, 0.5) is 0 Å². The summed E-state index contributed by atoms with van der Waals surface area (Å²) in [5.41, 5.74) is 4.90. The first kappa shape index (κ1) is 16.2. The van der Waals surface area contributed by atoms with E-state index in [-0.39, 0.29) is 5.91 Å². The average molecular weight is 362 g/mol. The van der Waals surface area contributed by atoms with Gasteiger partial charge in [0.2, 0.25) is 0 Å². The number of hydrazone groups is 1. The van der Waals surface area contributed by atoms with Gasteiger partial charge in [-0.05, 0) is 48.2 Å². The van der Waals surface area contributed by atoms with Crippen molar-refractivity contribution < 1.29 is 9.21 Å². The number of imidazole rings is 1. The second-order valence-electron chi connectivity index (χ2n) is 5.38. The number of para-hydroxylation sites is 2. The molecule has 2 N–H and O–H groups in total. The Bertz CT molecular complexity index is 1040. The van der Waals surface area contributed by atoms with Crippen molar-refractivity contribution in [2.75, 3.05) is 0 Å². The van der Waals surface area contributed by atoms with E-state index in [4.69, 9.17) is 4.42 Å². The number of aromatic nitrogens is 2. The number of carbonyl (C=O) groups is 1. The van der Waals surface area contributed by atoms with Crippen LogP contribution in [0.2, 0.25) is 0 Å². The van der Waals surface area contributed by atoms with Gasteiger partial charge in [0.15, 0.2) is 10.2 Å². The summed E-state index contributed by atoms with van der Waals surface area (Å²) in [5.74, 6) is 0.266. The van der Waals surface area contributed by atoms with Crippen LogP contribution < -0.4 is 5.43 Å². The molecule has 6 nitrogen and oxygen atoms in total. The summed E-state index contributed by atoms with van der Waals surface area (Å²) in [7, 11) is 0. The van der Waals surface area contributed by atoms with E-state index in [0.29, 0.717) is 16.4 Å². The van der Waals surface area contributed by atoms with Crippen LogP contribution in [0, 0.1) is 0 Å². The van der Waals surface area contributed by atoms with Crippen LogP contribution in [0.3, 0.4) is 0 Å². The van der Waals surface area contributed by atoms with Crippen LogP contribution in [0.1, 0.15) is 16.1 Å². The molecule has 2 aromatic carbocycles. The molecular weight excluding hydrogens is 348 g/mol. The first-order valence-electron chi connectivity index (χ1n) is 7.89. The number of furan rings is 1. The largest absolute Gasteiger partial charge is 0.448 e. The summed E-state index contributed by atoms with van der Waals surface area (Å²) in [6, 6.07) is 20.3. The van der Waals surface area contributed by atoms with Gasteiger partial charge in [0, 0.05) is 5.56 Å². The first-order chi connectivity index (χ1) is 12.8. The molecule has 1 amide bonds. The van der Waals surface area contributed by atoms with Crippen molar-refractivity contribution in [2.45, 2.75) is 10.2 Å². The molecule has 0 radical (unpaired) electrons. The lowest BCUT2D eigenvalue weighted by Crippen LogP contribution is -2.17. The van der Waals surface area contributed by atoms with E-state index < -0.39 is 0 Å². The van der Waals surface area contributed by atoms with E-state index in [1.54, 1.807) is 30.3 Å². The molecule has 2 heterocycles. The molecule has 128 valence electrons. The molecule has 0 spiro atoms. The van der Waals surface area contributed by atoms with Crippen molar-refractivity contribution in [1.29, 1.82) is 0 Å². The molecule has 0 bridgehead atoms. The number of benzene rings is 2. The van der Waals surface area contributed by atoms with Crippen LogP contribution in [-0.4, -0.2) is 22.1 Å². The zero-order chi connectivity index (χ0) is 17.8. The van der Waals surface area contributed by atoms with Gasteiger partial charge in [-0.2, -0.15) is 5.10 Å². The Morgan fingerprint density at radius 3 is 2.73 bits per heavy atom. The average Bonchev–Trinajstić information content (AvgIpc) is 3.28. The van der Waals surface area contributed by atoms with Crippen molar-refractivity contribution in [2.24, 2.45) is 5.10 Å². The topological polar surface area (TPSA) is 83.3 Å². The van der Waals surface area contributed by atoms with Crippen molar-refractivity contribution in [3.63, 3.8) is 0 Å². The lowest BCUT2D eigenvalue weighted by Gasteiger charge is -1.97. The fraction of sp³-hybridized carbons (Fsp3) is 0. The molecule has 0 fully saturated rings. The summed E-state index contributed by atoms with van der Waals surface area (Å²) in [5, 5.41) is 5.35. The van der Waals surface area contributed by atoms with Crippen LogP contribution in [0.15, 0.2) is 86.5 Å². The maximum atomic E-state index is 11.9. The van der Waals surface area contributed by atoms with Crippen LogP contribution >= 0.6 is 11.8 Å². The molecule has 0 aliphatic rings. The molecule has 2 aromatic heterocycles. The third-order valence-electron chi connectivity index (χ3n) is 3.56. The fourth-order valence-corrected chi connectivity index (χ4v) is 3.11. The predicted octanol–water partition coefficient (Wildman–Crippen LogP) is 4.07. The number of fused-ring (bicyclic) bond motifs is 1. The Morgan fingerprint density at radius 2 is 1.88 bits per heavy atom. The normalized spacial score (nSPS) is 11.2. The van der Waals surface area contributed by atoms with Gasteiger partial charge in [0.1, 0.15) is 5.76 Å². The second-order valence-corrected chi connectivity index (χ2v) is 6.38. The van der Waals surface area contributed by atoms with Gasteiger partial charge in [-0.1, -0.05) is 30.3 Å². The van der Waals surface area contributed by atoms with Crippen molar-refractivity contribution >= 4 is 34.9 Å². The fourth-order valence-electron chi connectivity index (χ4n) is 2.34. The third-order valence-corrected chi connectivity index (χ3v) is 4.37. The van der Waals surface area contributed by atoms with E-state index in [9.17, 15) is 4.79 Å². The minimum Gasteiger partial charge on any atom is -0.448 e. The van der Waals surface area contributed by atoms with Crippen LogP contribution in [0.25, 0.3) is 11.0 Å². The van der Waals surface area contributed by atoms with Gasteiger partial charge in [-0.25, -0.2) is 10.4 Å². The Morgan fingerprint density at radius 1 is 1.08 bits per heavy atom. The number of H-pyrrole nitrogens is 1. The molecule has 0 unspecified atom stereocenters. The quantitative estimate of drug-likeness (QED) is 0.414. The highest BCUT2D eigenvalue weighted by Gasteiger charge is 2.08. The zero-order valence-corrected chi connectivity index (χ0v) is 14.4. The van der Waals surface area contributed by atoms with Crippen molar-refractivity contribution in [3.8, 4) is 0 Å². The number of nitrogens with zero attached hydrogens (tertiary/aromatic N) is 2. The Balaban J connectivity index is 1.39. The zero-order valence-electron chi connectivity index (χ0n) is 13.5. The van der Waals surface area contributed by atoms with E-state index in [0.717, 1.165) is 16.2 Å². The number of rotatable bonds is 5. The van der Waals surface area contributed by atoms with E-state index >= 15 is 0 Å². The maximum absolute atomic E-state index is 11.9. The minimum atomic E-state index is -0.273. The predicted molar refractivity (Wildman–Crippen MR) is 100 cm³/mol. The third kappa shape index (κ3) is 3.68. The van der Waals surface area contributed by atoms with E-state index in [2.05, 4.69) is 20.5 Å². The van der Waals surface area contributed by atoms with Gasteiger partial charge < -0.3 is 9.40 Å². The lowest BCUT2D eigenvalue weighted by molar-refractivity contribution is 0.0955. The summed E-state index contributed by atoms with van der Waals surface area (Å²) in [6.07, 6.45) is 1.46. The lowest BCUT2D eigenvalue weighted by atomic mass is 10.2. The van der Waals surface area contributed by atoms with Gasteiger partial charge in [0.05, 0.1) is 17.2 Å². The molecule has 4 rings (SSSR count). The molecule has 7 heteroatoms. The van der Waals surface area contributed by atoms with Crippen LogP contribution in [-0.2, 0) is 0 Å². The molecule has 0 aliphatic carbocycles. The standard InChI is InChI=1S/C19H14N4O2S/c24-18(13-6-2-1-3-7-13)23-20-12-14-10-11-17(25-14)26-19-21-15-8-4-5-9-16(15)22-19/h1-12H,(H,21,22)(H,23,24)/b20-12+. The van der Waals surface area contributed by atoms with Crippen LogP contribution in [0.5, 0.6) is 0 Å². The molecule has 0 aliphatic heterocycles. The van der Waals surface area contributed by atoms with Crippen molar-refractivity contribution in [3.05, 3.63) is 78.1 Å². The number of aromatic amines is 1. The monoisotopic (exact) mass is 362 g/mol. The number of hydrogen-bond donors (Lipinski definition) is 2. The minimum absolute atomic E-state index is 0.273. The molecule has 0 saturated heterocycles. The van der Waals surface area contributed by atoms with Gasteiger partial charge in [-0.3, -0.25) is 4.79 Å². The Kier molecular flexibility index (Phi) is 4.53. The second kappa shape index (κ2) is 7.28. The molecular formula is C19H14N4O2S. The molecule has 26 heavy (non-hydrogen) atoms. The number of carbonyl (C=O) groups excluding carboxylic acids is 1. The first-order valence-corrected chi connectivity index (χ1v) is 8.70. The van der Waals surface area contributed by atoms with Gasteiger partial charge in [-0.15, -0.1) is 0 Å². The van der Waals surface area contributed by atoms with Gasteiger partial charge >= 0.3 is 0 Å². The number of hydrogen-bond acceptors (Lipinski definition) is 5. The maximum Gasteiger partial charge on any atom is 0.271 e. The summed E-state index contributed by atoms with van der Waals surface area (Å²) in [4.78, 5) is 19.6. The Hall–Kier alpha value is -3.32. The van der Waals surface area contributed by atoms with E-state index in [1.807, 2.05) is 36.4 Å². The highest BCUT2D eigenvalue weighted by atomic mass is 32.2. The summed E-state index contributed by atoms with van der Waals surface area (Å²) >= 11 is 1.39. The van der Waals surface area contributed by atoms with Crippen molar-refractivity contribution in [1.82, 2.24) is 15.4 Å². The van der Waals surface area contributed by atoms with E-state index in [1.165, 1.54) is 18.0 Å². The smallest absolute Gasteiger partial charge is 0.271 e. The molecule has 4 aromatic rings. The molecule has 0 saturated carbocycles. The summed E-state index contributed by atoms with van der Waals surface area (Å²) in [6.45, 7) is 0. The SMILES string of the molecule is O=C(N/N=C/c1ccc(Sc2nc3ccccc3[nH]2)o1)c1ccccc1. The summed E-state index contributed by atoms with van der Waals surface area (Å²) < 4.78 is 5.67. The number of amides is 1. The highest BCUT2D eigenvalue weighted by molar-refractivity contribution is 7.99. The highest BCUT2D eigenvalue weighted by Crippen LogP contribution is 2.28. The van der Waals surface area contributed by atoms with Gasteiger partial charge in [0.25, 0.3) is 5.91 Å².